The van der Waals surface area contributed by atoms with Crippen molar-refractivity contribution in [3.63, 3.8) is 0 Å². The molecule has 6 rings (SSSR count). The first-order chi connectivity index (χ1) is 12.5. The van der Waals surface area contributed by atoms with Crippen molar-refractivity contribution in [2.45, 2.75) is 54.7 Å². The number of carbonyl (C=O) groups excluding carboxylic acids is 2. The van der Waals surface area contributed by atoms with Gasteiger partial charge in [-0.2, -0.15) is 0 Å². The van der Waals surface area contributed by atoms with Gasteiger partial charge in [-0.3, -0.25) is 9.59 Å². The molecule has 1 aromatic carbocycles. The lowest BCUT2D eigenvalue weighted by Crippen LogP contribution is -2.44. The van der Waals surface area contributed by atoms with Crippen LogP contribution in [0.2, 0.25) is 5.02 Å². The zero-order valence-corrected chi connectivity index (χ0v) is 16.2. The van der Waals surface area contributed by atoms with Crippen LogP contribution < -0.4 is 5.32 Å². The molecular weight excluding hydrogens is 368 g/mol. The highest BCUT2D eigenvalue weighted by Crippen LogP contribution is 2.48. The maximum Gasteiger partial charge on any atom is 0.238 e. The van der Waals surface area contributed by atoms with E-state index in [1.165, 1.54) is 43.9 Å². The number of nitrogens with one attached hydrogen (secondary N) is 1. The summed E-state index contributed by atoms with van der Waals surface area (Å²) < 4.78 is 0. The summed E-state index contributed by atoms with van der Waals surface area (Å²) in [6.45, 7) is 0.904. The van der Waals surface area contributed by atoms with E-state index in [0.717, 1.165) is 29.0 Å². The molecule has 2 saturated carbocycles. The minimum absolute atomic E-state index is 0.0845. The normalized spacial score (nSPS) is 35.0. The minimum Gasteiger partial charge on any atom is -0.339 e. The molecular formula is C20H23ClN2O2S. The highest BCUT2D eigenvalue weighted by atomic mass is 35.5. The third-order valence-electron chi connectivity index (χ3n) is 6.55. The lowest BCUT2D eigenvalue weighted by atomic mass is 9.68. The second-order valence-electron chi connectivity index (χ2n) is 8.42. The fraction of sp³-hybridized carbons (Fsp3) is 0.600. The van der Waals surface area contributed by atoms with Crippen LogP contribution in [-0.2, 0) is 9.59 Å². The number of amides is 2. The quantitative estimate of drug-likeness (QED) is 0.824. The number of hydrogen-bond acceptors (Lipinski definition) is 3. The smallest absolute Gasteiger partial charge is 0.238 e. The zero-order valence-electron chi connectivity index (χ0n) is 14.6. The number of fused-ring (bicyclic) bond motifs is 2. The van der Waals surface area contributed by atoms with Gasteiger partial charge in [-0.05, 0) is 68.1 Å². The van der Waals surface area contributed by atoms with Gasteiger partial charge in [0, 0.05) is 28.9 Å². The van der Waals surface area contributed by atoms with Crippen molar-refractivity contribution in [1.29, 1.82) is 0 Å². The molecule has 4 fully saturated rings. The van der Waals surface area contributed by atoms with Crippen LogP contribution in [0.3, 0.4) is 0 Å². The Balaban J connectivity index is 1.31. The Hall–Kier alpha value is -1.20. The van der Waals surface area contributed by atoms with Crippen molar-refractivity contribution in [3.05, 3.63) is 23.2 Å². The summed E-state index contributed by atoms with van der Waals surface area (Å²) in [4.78, 5) is 28.7. The third-order valence-corrected chi connectivity index (χ3v) is 8.06. The van der Waals surface area contributed by atoms with E-state index in [-0.39, 0.29) is 23.5 Å². The van der Waals surface area contributed by atoms with E-state index >= 15 is 0 Å². The van der Waals surface area contributed by atoms with Crippen molar-refractivity contribution in [1.82, 2.24) is 4.90 Å². The topological polar surface area (TPSA) is 49.4 Å². The predicted octanol–water partition coefficient (Wildman–Crippen LogP) is 4.18. The Morgan fingerprint density at radius 3 is 2.65 bits per heavy atom. The molecule has 138 valence electrons. The standard InChI is InChI=1S/C20H23ClN2O2S/c21-14-1-2-17-16(8-14)22-20(25)18(26-17)9-19(24)23-10-13-4-11-3-12(5-13)7-15(23)6-11/h1-2,8,11-13,15,18H,3-7,9-10H2,(H,22,25). The monoisotopic (exact) mass is 390 g/mol. The van der Waals surface area contributed by atoms with E-state index in [4.69, 9.17) is 11.6 Å². The van der Waals surface area contributed by atoms with Gasteiger partial charge >= 0.3 is 0 Å². The molecule has 3 atom stereocenters. The van der Waals surface area contributed by atoms with Crippen LogP contribution in [0.5, 0.6) is 0 Å². The molecule has 5 aliphatic rings. The van der Waals surface area contributed by atoms with Crippen molar-refractivity contribution < 1.29 is 9.59 Å². The van der Waals surface area contributed by atoms with Gasteiger partial charge in [0.25, 0.3) is 0 Å². The molecule has 2 aliphatic carbocycles. The Labute approximate surface area is 163 Å². The number of benzene rings is 1. The van der Waals surface area contributed by atoms with E-state index in [9.17, 15) is 9.59 Å². The molecule has 0 radical (unpaired) electrons. The van der Waals surface area contributed by atoms with E-state index in [2.05, 4.69) is 10.2 Å². The second-order valence-corrected chi connectivity index (χ2v) is 10.1. The molecule has 1 aromatic rings. The van der Waals surface area contributed by atoms with Gasteiger partial charge in [0.15, 0.2) is 0 Å². The predicted molar refractivity (Wildman–Crippen MR) is 103 cm³/mol. The summed E-state index contributed by atoms with van der Waals surface area (Å²) in [5.74, 6) is 2.39. The Bertz CT molecular complexity index is 756. The summed E-state index contributed by atoms with van der Waals surface area (Å²) in [5.41, 5.74) is 0.752. The number of carbonyl (C=O) groups is 2. The summed E-state index contributed by atoms with van der Waals surface area (Å²) >= 11 is 7.50. The Morgan fingerprint density at radius 1 is 1.15 bits per heavy atom. The average molecular weight is 391 g/mol. The maximum atomic E-state index is 13.1. The second kappa shape index (κ2) is 6.45. The first kappa shape index (κ1) is 16.9. The van der Waals surface area contributed by atoms with Crippen molar-refractivity contribution in [2.75, 3.05) is 11.9 Å². The van der Waals surface area contributed by atoms with Gasteiger partial charge in [0.1, 0.15) is 0 Å². The van der Waals surface area contributed by atoms with Gasteiger partial charge in [0.2, 0.25) is 11.8 Å². The largest absolute Gasteiger partial charge is 0.339 e. The van der Waals surface area contributed by atoms with Gasteiger partial charge in [-0.1, -0.05) is 11.6 Å². The maximum absolute atomic E-state index is 13.1. The first-order valence-electron chi connectivity index (χ1n) is 9.61. The molecule has 6 heteroatoms. The molecule has 3 unspecified atom stereocenters. The van der Waals surface area contributed by atoms with Gasteiger partial charge in [-0.15, -0.1) is 11.8 Å². The lowest BCUT2D eigenvalue weighted by molar-refractivity contribution is -0.135. The summed E-state index contributed by atoms with van der Waals surface area (Å²) in [5, 5.41) is 3.17. The summed E-state index contributed by atoms with van der Waals surface area (Å²) in [6.07, 6.45) is 6.59. The lowest BCUT2D eigenvalue weighted by Gasteiger charge is -2.39. The van der Waals surface area contributed by atoms with Crippen molar-refractivity contribution in [3.8, 4) is 0 Å². The SMILES string of the molecule is O=C1Nc2cc(Cl)ccc2SC1CC(=O)N1CC2CC3CC(C2)CC1C3. The highest BCUT2D eigenvalue weighted by molar-refractivity contribution is 8.01. The Kier molecular flexibility index (Phi) is 4.20. The number of thioether (sulfide) groups is 1. The van der Waals surface area contributed by atoms with E-state index < -0.39 is 0 Å². The fourth-order valence-corrected chi connectivity index (χ4v) is 6.88. The van der Waals surface area contributed by atoms with Crippen LogP contribution >= 0.6 is 23.4 Å². The summed E-state index contributed by atoms with van der Waals surface area (Å²) in [6, 6.07) is 5.92. The van der Waals surface area contributed by atoms with Gasteiger partial charge < -0.3 is 10.2 Å². The molecule has 4 bridgehead atoms. The molecule has 3 aliphatic heterocycles. The Morgan fingerprint density at radius 2 is 1.88 bits per heavy atom. The van der Waals surface area contributed by atoms with E-state index in [1.54, 1.807) is 6.07 Å². The van der Waals surface area contributed by atoms with Crippen LogP contribution in [-0.4, -0.2) is 34.6 Å². The molecule has 2 amide bonds. The van der Waals surface area contributed by atoms with Crippen molar-refractivity contribution in [2.24, 2.45) is 17.8 Å². The van der Waals surface area contributed by atoms with Gasteiger partial charge in [0.05, 0.1) is 10.9 Å². The van der Waals surface area contributed by atoms with Crippen LogP contribution in [0, 0.1) is 17.8 Å². The molecule has 0 spiro atoms. The van der Waals surface area contributed by atoms with Crippen LogP contribution in [0.15, 0.2) is 23.1 Å². The van der Waals surface area contributed by atoms with Crippen molar-refractivity contribution >= 4 is 40.9 Å². The summed E-state index contributed by atoms with van der Waals surface area (Å²) in [7, 11) is 0. The van der Waals surface area contributed by atoms with E-state index in [1.807, 2.05) is 12.1 Å². The van der Waals surface area contributed by atoms with Crippen LogP contribution in [0.4, 0.5) is 5.69 Å². The number of halogens is 1. The molecule has 3 heterocycles. The zero-order chi connectivity index (χ0) is 17.8. The highest BCUT2D eigenvalue weighted by Gasteiger charge is 2.44. The molecule has 0 aromatic heterocycles. The number of anilines is 1. The number of nitrogens with zero attached hydrogens (tertiary/aromatic N) is 1. The number of hydrogen-bond donors (Lipinski definition) is 1. The fourth-order valence-electron chi connectivity index (χ4n) is 5.62. The third kappa shape index (κ3) is 3.03. The first-order valence-corrected chi connectivity index (χ1v) is 10.9. The van der Waals surface area contributed by atoms with Gasteiger partial charge in [-0.25, -0.2) is 0 Å². The number of rotatable bonds is 2. The minimum atomic E-state index is -0.353. The molecule has 26 heavy (non-hydrogen) atoms. The van der Waals surface area contributed by atoms with E-state index in [0.29, 0.717) is 17.0 Å². The molecule has 4 nitrogen and oxygen atoms in total. The molecule has 2 saturated heterocycles. The van der Waals surface area contributed by atoms with Crippen LogP contribution in [0.1, 0.15) is 38.5 Å². The molecule has 1 N–H and O–H groups in total. The van der Waals surface area contributed by atoms with Crippen LogP contribution in [0.25, 0.3) is 0 Å². The average Bonchev–Trinajstić information content (AvgIpc) is 2.79.